The first-order valence-electron chi connectivity index (χ1n) is 4.06. The van der Waals surface area contributed by atoms with Crippen molar-refractivity contribution in [2.75, 3.05) is 0 Å². The van der Waals surface area contributed by atoms with E-state index >= 15 is 0 Å². The average Bonchev–Trinajstić information content (AvgIpc) is 1.98. The van der Waals surface area contributed by atoms with Crippen molar-refractivity contribution in [3.8, 4) is 0 Å². The topological polar surface area (TPSA) is 69.1 Å². The van der Waals surface area contributed by atoms with Crippen molar-refractivity contribution in [2.45, 2.75) is 38.3 Å². The summed E-state index contributed by atoms with van der Waals surface area (Å²) in [5, 5.41) is 0. The lowest BCUT2D eigenvalue weighted by Crippen LogP contribution is -2.49. The molecule has 0 aromatic rings. The fourth-order valence-electron chi connectivity index (χ4n) is 1.54. The van der Waals surface area contributed by atoms with Crippen molar-refractivity contribution < 1.29 is 4.79 Å². The van der Waals surface area contributed by atoms with Gasteiger partial charge in [-0.1, -0.05) is 6.92 Å². The Morgan fingerprint density at radius 3 is 2.64 bits per heavy atom. The SMILES string of the molecule is CC1(C=O)CCC(N)CC1N. The van der Waals surface area contributed by atoms with Crippen LogP contribution in [0.5, 0.6) is 0 Å². The summed E-state index contributed by atoms with van der Waals surface area (Å²) < 4.78 is 0. The molecule has 0 saturated heterocycles. The summed E-state index contributed by atoms with van der Waals surface area (Å²) in [7, 11) is 0. The third-order valence-corrected chi connectivity index (χ3v) is 2.73. The predicted octanol–water partition coefficient (Wildman–Crippen LogP) is 0.0301. The van der Waals surface area contributed by atoms with E-state index in [0.29, 0.717) is 0 Å². The van der Waals surface area contributed by atoms with Crippen molar-refractivity contribution in [1.82, 2.24) is 0 Å². The molecule has 3 heteroatoms. The molecule has 0 aromatic carbocycles. The van der Waals surface area contributed by atoms with Crippen molar-refractivity contribution in [3.63, 3.8) is 0 Å². The zero-order chi connectivity index (χ0) is 8.48. The van der Waals surface area contributed by atoms with Gasteiger partial charge in [0.15, 0.2) is 0 Å². The molecule has 1 aliphatic carbocycles. The first-order valence-corrected chi connectivity index (χ1v) is 4.06. The molecule has 1 saturated carbocycles. The third kappa shape index (κ3) is 1.60. The predicted molar refractivity (Wildman–Crippen MR) is 44.0 cm³/mol. The monoisotopic (exact) mass is 156 g/mol. The molecule has 11 heavy (non-hydrogen) atoms. The van der Waals surface area contributed by atoms with E-state index in [-0.39, 0.29) is 17.5 Å². The van der Waals surface area contributed by atoms with E-state index < -0.39 is 0 Å². The molecule has 3 atom stereocenters. The lowest BCUT2D eigenvalue weighted by atomic mass is 9.72. The highest BCUT2D eigenvalue weighted by molar-refractivity contribution is 5.60. The van der Waals surface area contributed by atoms with Crippen LogP contribution in [0.4, 0.5) is 0 Å². The standard InChI is InChI=1S/C8H16N2O/c1-8(5-11)3-2-6(9)4-7(8)10/h5-7H,2-4,9-10H2,1H3. The lowest BCUT2D eigenvalue weighted by molar-refractivity contribution is -0.117. The van der Waals surface area contributed by atoms with E-state index in [0.717, 1.165) is 25.5 Å². The molecule has 0 aliphatic heterocycles. The minimum Gasteiger partial charge on any atom is -0.328 e. The summed E-state index contributed by atoms with van der Waals surface area (Å²) in [6.45, 7) is 1.91. The average molecular weight is 156 g/mol. The van der Waals surface area contributed by atoms with Crippen LogP contribution in [0.1, 0.15) is 26.2 Å². The molecule has 0 radical (unpaired) electrons. The van der Waals surface area contributed by atoms with Crippen LogP contribution in [-0.2, 0) is 4.79 Å². The molecule has 4 N–H and O–H groups in total. The normalized spacial score (nSPS) is 45.4. The molecule has 0 heterocycles. The largest absolute Gasteiger partial charge is 0.328 e. The van der Waals surface area contributed by atoms with Crippen LogP contribution in [0.3, 0.4) is 0 Å². The highest BCUT2D eigenvalue weighted by Gasteiger charge is 2.36. The Labute approximate surface area is 67.1 Å². The van der Waals surface area contributed by atoms with E-state index in [9.17, 15) is 4.79 Å². The van der Waals surface area contributed by atoms with Crippen LogP contribution in [0, 0.1) is 5.41 Å². The Hall–Kier alpha value is -0.410. The smallest absolute Gasteiger partial charge is 0.127 e. The van der Waals surface area contributed by atoms with Gasteiger partial charge in [-0.15, -0.1) is 0 Å². The van der Waals surface area contributed by atoms with E-state index in [2.05, 4.69) is 0 Å². The van der Waals surface area contributed by atoms with Crippen molar-refractivity contribution in [3.05, 3.63) is 0 Å². The Morgan fingerprint density at radius 1 is 1.55 bits per heavy atom. The molecule has 0 aromatic heterocycles. The van der Waals surface area contributed by atoms with E-state index in [4.69, 9.17) is 11.5 Å². The van der Waals surface area contributed by atoms with Gasteiger partial charge in [-0.25, -0.2) is 0 Å². The highest BCUT2D eigenvalue weighted by atomic mass is 16.1. The van der Waals surface area contributed by atoms with E-state index in [1.54, 1.807) is 0 Å². The molecule has 1 fully saturated rings. The molecule has 0 bridgehead atoms. The molecular weight excluding hydrogens is 140 g/mol. The first-order chi connectivity index (χ1) is 5.08. The van der Waals surface area contributed by atoms with E-state index in [1.165, 1.54) is 0 Å². The zero-order valence-electron chi connectivity index (χ0n) is 6.92. The van der Waals surface area contributed by atoms with Gasteiger partial charge < -0.3 is 16.3 Å². The zero-order valence-corrected chi connectivity index (χ0v) is 6.92. The van der Waals surface area contributed by atoms with Gasteiger partial charge in [0.2, 0.25) is 0 Å². The number of aldehydes is 1. The molecule has 3 nitrogen and oxygen atoms in total. The lowest BCUT2D eigenvalue weighted by Gasteiger charge is -2.37. The Balaban J connectivity index is 2.63. The molecule has 0 spiro atoms. The van der Waals surface area contributed by atoms with Crippen molar-refractivity contribution in [1.29, 1.82) is 0 Å². The first kappa shape index (κ1) is 8.68. The van der Waals surface area contributed by atoms with Gasteiger partial charge in [0.25, 0.3) is 0 Å². The second-order valence-corrected chi connectivity index (χ2v) is 3.76. The number of rotatable bonds is 1. The quantitative estimate of drug-likeness (QED) is 0.526. The summed E-state index contributed by atoms with van der Waals surface area (Å²) in [5.74, 6) is 0. The van der Waals surface area contributed by atoms with Crippen molar-refractivity contribution in [2.24, 2.45) is 16.9 Å². The Bertz CT molecular complexity index is 160. The van der Waals surface area contributed by atoms with Crippen LogP contribution in [0.25, 0.3) is 0 Å². The Kier molecular flexibility index (Phi) is 2.30. The van der Waals surface area contributed by atoms with Gasteiger partial charge in [0, 0.05) is 17.5 Å². The second kappa shape index (κ2) is 2.91. The Morgan fingerprint density at radius 2 is 2.18 bits per heavy atom. The molecular formula is C8H16N2O. The summed E-state index contributed by atoms with van der Waals surface area (Å²) in [6.07, 6.45) is 3.50. The maximum atomic E-state index is 10.7. The minimum absolute atomic E-state index is 0.0521. The van der Waals surface area contributed by atoms with Crippen LogP contribution in [-0.4, -0.2) is 18.4 Å². The number of carbonyl (C=O) groups is 1. The van der Waals surface area contributed by atoms with Gasteiger partial charge in [0.05, 0.1) is 0 Å². The summed E-state index contributed by atoms with van der Waals surface area (Å²) in [4.78, 5) is 10.7. The van der Waals surface area contributed by atoms with Gasteiger partial charge >= 0.3 is 0 Å². The van der Waals surface area contributed by atoms with Crippen LogP contribution >= 0.6 is 0 Å². The summed E-state index contributed by atoms with van der Waals surface area (Å²) >= 11 is 0. The molecule has 1 rings (SSSR count). The van der Waals surface area contributed by atoms with Gasteiger partial charge in [0.1, 0.15) is 6.29 Å². The van der Waals surface area contributed by atoms with Crippen LogP contribution in [0.2, 0.25) is 0 Å². The maximum Gasteiger partial charge on any atom is 0.127 e. The minimum atomic E-state index is -0.324. The summed E-state index contributed by atoms with van der Waals surface area (Å²) in [6, 6.07) is 0.141. The molecule has 1 aliphatic rings. The number of hydrogen-bond acceptors (Lipinski definition) is 3. The highest BCUT2D eigenvalue weighted by Crippen LogP contribution is 2.32. The molecule has 3 unspecified atom stereocenters. The van der Waals surface area contributed by atoms with Gasteiger partial charge in [-0.2, -0.15) is 0 Å². The fourth-order valence-corrected chi connectivity index (χ4v) is 1.54. The maximum absolute atomic E-state index is 10.7. The van der Waals surface area contributed by atoms with E-state index in [1.807, 2.05) is 6.92 Å². The van der Waals surface area contributed by atoms with Gasteiger partial charge in [-0.3, -0.25) is 0 Å². The molecule has 0 amide bonds. The number of nitrogens with two attached hydrogens (primary N) is 2. The van der Waals surface area contributed by atoms with Crippen LogP contribution in [0.15, 0.2) is 0 Å². The van der Waals surface area contributed by atoms with Crippen LogP contribution < -0.4 is 11.5 Å². The second-order valence-electron chi connectivity index (χ2n) is 3.76. The number of hydrogen-bond donors (Lipinski definition) is 2. The fraction of sp³-hybridized carbons (Fsp3) is 0.875. The van der Waals surface area contributed by atoms with Gasteiger partial charge in [-0.05, 0) is 19.3 Å². The number of carbonyl (C=O) groups excluding carboxylic acids is 1. The molecule has 64 valence electrons. The van der Waals surface area contributed by atoms with Crippen molar-refractivity contribution >= 4 is 6.29 Å². The third-order valence-electron chi connectivity index (χ3n) is 2.73. The summed E-state index contributed by atoms with van der Waals surface area (Å²) in [5.41, 5.74) is 11.2.